The molecule has 4 rings (SSSR count). The smallest absolute Gasteiger partial charge is 0.249 e. The van der Waals surface area contributed by atoms with Gasteiger partial charge >= 0.3 is 0 Å². The first kappa shape index (κ1) is 24.4. The van der Waals surface area contributed by atoms with E-state index in [1.54, 1.807) is 18.7 Å². The molecule has 0 saturated carbocycles. The average molecular weight is 480 g/mol. The van der Waals surface area contributed by atoms with E-state index in [0.717, 1.165) is 30.5 Å². The van der Waals surface area contributed by atoms with Crippen molar-refractivity contribution in [2.24, 2.45) is 5.92 Å². The minimum Gasteiger partial charge on any atom is -0.382 e. The highest BCUT2D eigenvalue weighted by molar-refractivity contribution is 8.03. The average Bonchev–Trinajstić information content (AvgIpc) is 3.51. The van der Waals surface area contributed by atoms with Gasteiger partial charge in [-0.3, -0.25) is 9.59 Å². The van der Waals surface area contributed by atoms with E-state index in [0.29, 0.717) is 13.1 Å². The Bertz CT molecular complexity index is 1040. The number of rotatable bonds is 8. The first-order valence-corrected chi connectivity index (χ1v) is 12.8. The van der Waals surface area contributed by atoms with Gasteiger partial charge in [0.2, 0.25) is 11.8 Å². The van der Waals surface area contributed by atoms with Crippen LogP contribution >= 0.6 is 11.8 Å². The van der Waals surface area contributed by atoms with E-state index in [4.69, 9.17) is 0 Å². The molecule has 2 aliphatic heterocycles. The number of benzene rings is 2. The number of amides is 2. The van der Waals surface area contributed by atoms with Gasteiger partial charge in [0.1, 0.15) is 6.10 Å². The van der Waals surface area contributed by atoms with Crippen LogP contribution in [0, 0.1) is 12.8 Å². The summed E-state index contributed by atoms with van der Waals surface area (Å²) < 4.78 is 0. The molecule has 2 aliphatic rings. The third-order valence-electron chi connectivity index (χ3n) is 6.51. The third kappa shape index (κ3) is 5.83. The van der Waals surface area contributed by atoms with Gasteiger partial charge in [-0.25, -0.2) is 0 Å². The lowest BCUT2D eigenvalue weighted by Crippen LogP contribution is -2.47. The van der Waals surface area contributed by atoms with Gasteiger partial charge in [0, 0.05) is 25.2 Å². The van der Waals surface area contributed by atoms with E-state index in [-0.39, 0.29) is 17.3 Å². The molecule has 34 heavy (non-hydrogen) atoms. The molecule has 1 fully saturated rings. The zero-order chi connectivity index (χ0) is 24.1. The van der Waals surface area contributed by atoms with Crippen LogP contribution in [0.25, 0.3) is 0 Å². The summed E-state index contributed by atoms with van der Waals surface area (Å²) in [4.78, 5) is 27.6. The van der Waals surface area contributed by atoms with E-state index in [1.807, 2.05) is 35.2 Å². The molecule has 0 radical (unpaired) electrons. The summed E-state index contributed by atoms with van der Waals surface area (Å²) in [5, 5.41) is 18.9. The van der Waals surface area contributed by atoms with Crippen molar-refractivity contribution in [3.8, 4) is 0 Å². The number of carbonyl (C=O) groups excluding carboxylic acids is 2. The van der Waals surface area contributed by atoms with Crippen LogP contribution in [-0.4, -0.2) is 46.4 Å². The van der Waals surface area contributed by atoms with Crippen molar-refractivity contribution < 1.29 is 14.7 Å². The second-order valence-electron chi connectivity index (χ2n) is 9.16. The molecule has 2 heterocycles. The van der Waals surface area contributed by atoms with E-state index in [1.165, 1.54) is 11.1 Å². The number of hydrogen-bond acceptors (Lipinski definition) is 5. The first-order valence-electron chi connectivity index (χ1n) is 11.9. The molecule has 180 valence electrons. The van der Waals surface area contributed by atoms with Gasteiger partial charge < -0.3 is 20.6 Å². The number of aliphatic hydroxyl groups is 1. The Morgan fingerprint density at radius 3 is 2.76 bits per heavy atom. The van der Waals surface area contributed by atoms with Crippen LogP contribution < -0.4 is 10.6 Å². The number of aliphatic hydroxyl groups excluding tert-OH is 1. The molecule has 2 amide bonds. The highest BCUT2D eigenvalue weighted by atomic mass is 32.2. The summed E-state index contributed by atoms with van der Waals surface area (Å²) in [5.41, 5.74) is 4.68. The molecule has 4 atom stereocenters. The lowest BCUT2D eigenvalue weighted by Gasteiger charge is -2.29. The summed E-state index contributed by atoms with van der Waals surface area (Å²) in [6.07, 6.45) is 1.25. The van der Waals surface area contributed by atoms with Crippen LogP contribution in [0.5, 0.6) is 0 Å². The minimum atomic E-state index is -1.38. The molecule has 0 aliphatic carbocycles. The first-order chi connectivity index (χ1) is 16.4. The molecule has 0 spiro atoms. The normalized spacial score (nSPS) is 21.5. The Hall–Kier alpha value is -2.77. The Morgan fingerprint density at radius 2 is 2.00 bits per heavy atom. The van der Waals surface area contributed by atoms with E-state index in [2.05, 4.69) is 47.2 Å². The number of allylic oxidation sites excluding steroid dienone is 1. The van der Waals surface area contributed by atoms with Gasteiger partial charge in [0.15, 0.2) is 0 Å². The number of nitrogens with zero attached hydrogens (tertiary/aromatic N) is 1. The van der Waals surface area contributed by atoms with Crippen molar-refractivity contribution in [1.82, 2.24) is 15.5 Å². The lowest BCUT2D eigenvalue weighted by molar-refractivity contribution is -0.146. The van der Waals surface area contributed by atoms with Gasteiger partial charge in [-0.1, -0.05) is 67.1 Å². The Kier molecular flexibility index (Phi) is 7.95. The van der Waals surface area contributed by atoms with Crippen molar-refractivity contribution in [3.05, 3.63) is 82.4 Å². The minimum absolute atomic E-state index is 0.00279. The predicted octanol–water partition coefficient (Wildman–Crippen LogP) is 3.52. The maximum atomic E-state index is 13.1. The maximum Gasteiger partial charge on any atom is 0.249 e. The predicted molar refractivity (Wildman–Crippen MR) is 136 cm³/mol. The zero-order valence-corrected chi connectivity index (χ0v) is 20.6. The van der Waals surface area contributed by atoms with Crippen molar-refractivity contribution in [1.29, 1.82) is 0 Å². The number of nitrogens with one attached hydrogen (secondary N) is 2. The summed E-state index contributed by atoms with van der Waals surface area (Å²) in [6, 6.07) is 18.4. The number of thioether (sulfide) groups is 1. The van der Waals surface area contributed by atoms with Crippen LogP contribution in [0.2, 0.25) is 0 Å². The lowest BCUT2D eigenvalue weighted by atomic mass is 9.99. The van der Waals surface area contributed by atoms with E-state index >= 15 is 0 Å². The van der Waals surface area contributed by atoms with Gasteiger partial charge in [-0.15, -0.1) is 11.8 Å². The quantitative estimate of drug-likeness (QED) is 0.540. The van der Waals surface area contributed by atoms with Crippen molar-refractivity contribution in [3.63, 3.8) is 0 Å². The Labute approximate surface area is 205 Å². The summed E-state index contributed by atoms with van der Waals surface area (Å²) in [6.45, 7) is 4.73. The van der Waals surface area contributed by atoms with Crippen molar-refractivity contribution >= 4 is 23.6 Å². The number of aryl methyl sites for hydroxylation is 1. The van der Waals surface area contributed by atoms with Crippen LogP contribution in [0.15, 0.2) is 65.7 Å². The second kappa shape index (κ2) is 11.1. The van der Waals surface area contributed by atoms with E-state index in [9.17, 15) is 14.7 Å². The largest absolute Gasteiger partial charge is 0.382 e. The fourth-order valence-corrected chi connectivity index (χ4v) is 5.53. The number of hydrogen-bond donors (Lipinski definition) is 3. The Balaban J connectivity index is 1.25. The molecule has 0 bridgehead atoms. The van der Waals surface area contributed by atoms with Crippen molar-refractivity contribution in [2.75, 3.05) is 13.1 Å². The van der Waals surface area contributed by atoms with Gasteiger partial charge in [-0.2, -0.15) is 0 Å². The number of carbonyl (C=O) groups is 2. The van der Waals surface area contributed by atoms with Crippen molar-refractivity contribution in [2.45, 2.75) is 50.6 Å². The molecule has 3 unspecified atom stereocenters. The van der Waals surface area contributed by atoms with Gasteiger partial charge in [-0.05, 0) is 36.3 Å². The molecule has 2 aromatic carbocycles. The summed E-state index contributed by atoms with van der Waals surface area (Å²) in [5.74, 6) is -1.49. The molecule has 7 heteroatoms. The maximum absolute atomic E-state index is 13.1. The van der Waals surface area contributed by atoms with Crippen LogP contribution in [0.4, 0.5) is 0 Å². The van der Waals surface area contributed by atoms with Crippen LogP contribution in [0.1, 0.15) is 42.5 Å². The highest BCUT2D eigenvalue weighted by Gasteiger charge is 2.37. The third-order valence-corrected chi connectivity index (χ3v) is 7.55. The molecule has 1 saturated heterocycles. The zero-order valence-electron chi connectivity index (χ0n) is 19.7. The molecule has 2 aromatic rings. The fraction of sp³-hybridized carbons (Fsp3) is 0.407. The Morgan fingerprint density at radius 1 is 1.21 bits per heavy atom. The SMILES string of the molecule is Cc1cccc(CC2=CSC(CNC(=O)C(O)[C@@H](C)C(=O)N3CCCC3c3ccccc3)N2)c1. The summed E-state index contributed by atoms with van der Waals surface area (Å²) >= 11 is 1.62. The monoisotopic (exact) mass is 479 g/mol. The standard InChI is InChI=1S/C27H33N3O3S/c1-18-8-6-9-20(14-18)15-22-17-34-24(29-22)16-28-26(32)25(31)19(2)27(33)30-13-7-12-23(30)21-10-4-3-5-11-21/h3-6,8-11,14,17,19,23-25,29,31H,7,12-13,15-16H2,1-2H3,(H,28,32)/t19-,23?,24?,25?/m1/s1. The number of likely N-dealkylation sites (tertiary alicyclic amines) is 1. The topological polar surface area (TPSA) is 81.7 Å². The van der Waals surface area contributed by atoms with Crippen LogP contribution in [-0.2, 0) is 16.0 Å². The highest BCUT2D eigenvalue weighted by Crippen LogP contribution is 2.33. The second-order valence-corrected chi connectivity index (χ2v) is 10.2. The molecule has 0 aromatic heterocycles. The van der Waals surface area contributed by atoms with Crippen LogP contribution in [0.3, 0.4) is 0 Å². The summed E-state index contributed by atoms with van der Waals surface area (Å²) in [7, 11) is 0. The van der Waals surface area contributed by atoms with E-state index < -0.39 is 17.9 Å². The fourth-order valence-electron chi connectivity index (χ4n) is 4.65. The molecular formula is C27H33N3O3S. The molecule has 3 N–H and O–H groups in total. The van der Waals surface area contributed by atoms with Gasteiger partial charge in [0.05, 0.1) is 17.3 Å². The van der Waals surface area contributed by atoms with Gasteiger partial charge in [0.25, 0.3) is 0 Å². The molecular weight excluding hydrogens is 446 g/mol. The molecule has 6 nitrogen and oxygen atoms in total.